The lowest BCUT2D eigenvalue weighted by atomic mass is 10.4. The maximum atomic E-state index is 11.2. The zero-order valence-electron chi connectivity index (χ0n) is 12.3. The first kappa shape index (κ1) is 17.9. The minimum absolute atomic E-state index is 0.166. The Kier molecular flexibility index (Phi) is 7.65. The van der Waals surface area contributed by atoms with E-state index in [2.05, 4.69) is 15.6 Å². The Labute approximate surface area is 129 Å². The summed E-state index contributed by atoms with van der Waals surface area (Å²) in [6.45, 7) is 4.64. The van der Waals surface area contributed by atoms with Crippen LogP contribution in [0.5, 0.6) is 0 Å². The van der Waals surface area contributed by atoms with Gasteiger partial charge >= 0.3 is 0 Å². The minimum atomic E-state index is -3.62. The van der Waals surface area contributed by atoms with Crippen molar-refractivity contribution >= 4 is 27.3 Å². The highest BCUT2D eigenvalue weighted by Crippen LogP contribution is 2.19. The van der Waals surface area contributed by atoms with Gasteiger partial charge in [0.05, 0.1) is 6.54 Å². The third-order valence-electron chi connectivity index (χ3n) is 2.53. The second-order valence-corrected chi connectivity index (χ2v) is 7.13. The Bertz CT molecular complexity index is 555. The normalized spacial score (nSPS) is 12.4. The molecule has 4 N–H and O–H groups in total. The quantitative estimate of drug-likeness (QED) is 0.364. The highest BCUT2D eigenvalue weighted by molar-refractivity contribution is 7.91. The van der Waals surface area contributed by atoms with E-state index < -0.39 is 10.0 Å². The Morgan fingerprint density at radius 1 is 1.43 bits per heavy atom. The molecule has 1 rings (SSSR count). The van der Waals surface area contributed by atoms with Crippen LogP contribution >= 0.6 is 11.3 Å². The summed E-state index contributed by atoms with van der Waals surface area (Å²) in [5.41, 5.74) is 0. The molecule has 0 radical (unpaired) electrons. The number of nitrogens with one attached hydrogen (secondary N) is 2. The molecule has 1 aromatic rings. The van der Waals surface area contributed by atoms with Gasteiger partial charge in [-0.2, -0.15) is 0 Å². The highest BCUT2D eigenvalue weighted by Gasteiger charge is 2.11. The largest absolute Gasteiger partial charge is 0.382 e. The Morgan fingerprint density at radius 2 is 2.19 bits per heavy atom. The van der Waals surface area contributed by atoms with Gasteiger partial charge in [0.1, 0.15) is 4.21 Å². The number of sulfonamides is 1. The first-order valence-corrected chi connectivity index (χ1v) is 8.97. The van der Waals surface area contributed by atoms with Crippen LogP contribution in [-0.2, 0) is 21.3 Å². The number of rotatable bonds is 8. The third kappa shape index (κ3) is 6.89. The number of hydrogen-bond acceptors (Lipinski definition) is 5. The molecule has 9 heteroatoms. The van der Waals surface area contributed by atoms with Crippen molar-refractivity contribution in [3.05, 3.63) is 17.0 Å². The summed E-state index contributed by atoms with van der Waals surface area (Å²) in [6.07, 6.45) is 0.892. The van der Waals surface area contributed by atoms with Crippen molar-refractivity contribution in [1.82, 2.24) is 10.6 Å². The lowest BCUT2D eigenvalue weighted by Crippen LogP contribution is -2.37. The number of thiophene rings is 1. The zero-order chi connectivity index (χ0) is 15.7. The fraction of sp³-hybridized carbons (Fsp3) is 0.583. The number of ether oxygens (including phenoxy) is 1. The predicted molar refractivity (Wildman–Crippen MR) is 85.0 cm³/mol. The minimum Gasteiger partial charge on any atom is -0.382 e. The molecule has 0 atom stereocenters. The smallest absolute Gasteiger partial charge is 0.247 e. The van der Waals surface area contributed by atoms with Crippen LogP contribution < -0.4 is 15.8 Å². The van der Waals surface area contributed by atoms with Gasteiger partial charge in [-0.25, -0.2) is 13.6 Å². The topological polar surface area (TPSA) is 106 Å². The van der Waals surface area contributed by atoms with Crippen LogP contribution in [0.1, 0.15) is 18.2 Å². The number of primary sulfonamides is 1. The molecule has 0 aliphatic heterocycles. The van der Waals surface area contributed by atoms with Gasteiger partial charge in [-0.05, 0) is 25.5 Å². The van der Waals surface area contributed by atoms with E-state index >= 15 is 0 Å². The van der Waals surface area contributed by atoms with Gasteiger partial charge < -0.3 is 15.4 Å². The number of guanidine groups is 1. The lowest BCUT2D eigenvalue weighted by molar-refractivity contribution is 0.145. The van der Waals surface area contributed by atoms with Gasteiger partial charge in [-0.3, -0.25) is 4.99 Å². The molecule has 0 fully saturated rings. The summed E-state index contributed by atoms with van der Waals surface area (Å²) >= 11 is 1.15. The molecule has 0 bridgehead atoms. The average Bonchev–Trinajstić information content (AvgIpc) is 2.91. The number of hydrogen-bond donors (Lipinski definition) is 3. The summed E-state index contributed by atoms with van der Waals surface area (Å²) in [5, 5.41) is 11.3. The molecule has 0 saturated carbocycles. The van der Waals surface area contributed by atoms with E-state index in [0.29, 0.717) is 19.1 Å². The molecular weight excluding hydrogens is 312 g/mol. The van der Waals surface area contributed by atoms with Gasteiger partial charge in [0.2, 0.25) is 10.0 Å². The van der Waals surface area contributed by atoms with Crippen LogP contribution in [0.15, 0.2) is 21.3 Å². The molecule has 0 unspecified atom stereocenters. The highest BCUT2D eigenvalue weighted by atomic mass is 32.2. The molecule has 0 aliphatic rings. The van der Waals surface area contributed by atoms with Crippen LogP contribution in [0, 0.1) is 0 Å². The molecule has 21 heavy (non-hydrogen) atoms. The molecule has 0 aliphatic carbocycles. The van der Waals surface area contributed by atoms with Crippen molar-refractivity contribution in [3.8, 4) is 0 Å². The van der Waals surface area contributed by atoms with Crippen molar-refractivity contribution in [3.63, 3.8) is 0 Å². The second kappa shape index (κ2) is 8.98. The fourth-order valence-corrected chi connectivity index (χ4v) is 3.24. The molecular formula is C12H22N4O3S2. The van der Waals surface area contributed by atoms with Crippen LogP contribution in [-0.4, -0.2) is 41.2 Å². The standard InChI is InChI=1S/C12H22N4O3S2/c1-3-19-8-4-7-15-12(14-2)16-9-10-5-6-11(20-10)21(13,17)18/h5-6H,3-4,7-9H2,1-2H3,(H2,13,17,18)(H2,14,15,16). The monoisotopic (exact) mass is 334 g/mol. The predicted octanol–water partition coefficient (Wildman–Crippen LogP) is 0.487. The fourth-order valence-electron chi connectivity index (χ4n) is 1.52. The van der Waals surface area contributed by atoms with E-state index in [1.54, 1.807) is 13.1 Å². The van der Waals surface area contributed by atoms with Gasteiger partial charge in [-0.1, -0.05) is 0 Å². The van der Waals surface area contributed by atoms with E-state index in [0.717, 1.165) is 35.8 Å². The Morgan fingerprint density at radius 3 is 2.76 bits per heavy atom. The van der Waals surface area contributed by atoms with Crippen LogP contribution in [0.2, 0.25) is 0 Å². The molecule has 1 aromatic heterocycles. The van der Waals surface area contributed by atoms with E-state index in [1.165, 1.54) is 6.07 Å². The zero-order valence-corrected chi connectivity index (χ0v) is 13.9. The van der Waals surface area contributed by atoms with E-state index in [1.807, 2.05) is 6.92 Å². The van der Waals surface area contributed by atoms with Gasteiger partial charge in [0.25, 0.3) is 0 Å². The Hall–Kier alpha value is -1.16. The first-order valence-electron chi connectivity index (χ1n) is 6.61. The SMILES string of the molecule is CCOCCCNC(=NC)NCc1ccc(S(N)(=O)=O)s1. The molecule has 0 aromatic carbocycles. The van der Waals surface area contributed by atoms with Gasteiger partial charge in [-0.15, -0.1) is 11.3 Å². The van der Waals surface area contributed by atoms with Crippen molar-refractivity contribution in [1.29, 1.82) is 0 Å². The summed E-state index contributed by atoms with van der Waals surface area (Å²) in [7, 11) is -1.94. The number of nitrogens with two attached hydrogens (primary N) is 1. The van der Waals surface area contributed by atoms with Crippen molar-refractivity contribution < 1.29 is 13.2 Å². The van der Waals surface area contributed by atoms with Crippen LogP contribution in [0.4, 0.5) is 0 Å². The van der Waals surface area contributed by atoms with E-state index in [9.17, 15) is 8.42 Å². The Balaban J connectivity index is 2.37. The molecule has 0 amide bonds. The average molecular weight is 334 g/mol. The summed E-state index contributed by atoms with van der Waals surface area (Å²) < 4.78 is 27.8. The molecule has 7 nitrogen and oxygen atoms in total. The van der Waals surface area contributed by atoms with E-state index in [-0.39, 0.29) is 4.21 Å². The molecule has 0 spiro atoms. The van der Waals surface area contributed by atoms with Crippen LogP contribution in [0.3, 0.4) is 0 Å². The summed E-state index contributed by atoms with van der Waals surface area (Å²) in [6, 6.07) is 3.25. The van der Waals surface area contributed by atoms with E-state index in [4.69, 9.17) is 9.88 Å². The number of aliphatic imine (C=N–C) groups is 1. The maximum Gasteiger partial charge on any atom is 0.247 e. The molecule has 1 heterocycles. The number of nitrogens with zero attached hydrogens (tertiary/aromatic N) is 1. The summed E-state index contributed by atoms with van der Waals surface area (Å²) in [4.78, 5) is 4.96. The molecule has 0 saturated heterocycles. The van der Waals surface area contributed by atoms with Gasteiger partial charge in [0, 0.05) is 31.7 Å². The second-order valence-electron chi connectivity index (χ2n) is 4.17. The van der Waals surface area contributed by atoms with Crippen LogP contribution in [0.25, 0.3) is 0 Å². The van der Waals surface area contributed by atoms with Gasteiger partial charge in [0.15, 0.2) is 5.96 Å². The lowest BCUT2D eigenvalue weighted by Gasteiger charge is -2.11. The maximum absolute atomic E-state index is 11.2. The van der Waals surface area contributed by atoms with Crippen molar-refractivity contribution in [2.24, 2.45) is 10.1 Å². The third-order valence-corrected chi connectivity index (χ3v) is 5.06. The van der Waals surface area contributed by atoms with Crippen molar-refractivity contribution in [2.75, 3.05) is 26.8 Å². The molecule has 120 valence electrons. The van der Waals surface area contributed by atoms with Crippen molar-refractivity contribution in [2.45, 2.75) is 24.1 Å². The summed E-state index contributed by atoms with van der Waals surface area (Å²) in [5.74, 6) is 0.664. The first-order chi connectivity index (χ1) is 9.97.